The molecule has 144 valence electrons. The highest BCUT2D eigenvalue weighted by Crippen LogP contribution is 2.36. The molecule has 1 fully saturated rings. The molecular formula is C17H15NO7S2-2. The third-order valence-corrected chi connectivity index (χ3v) is 5.08. The van der Waals surface area contributed by atoms with Gasteiger partial charge in [0.25, 0.3) is 5.91 Å². The zero-order valence-electron chi connectivity index (χ0n) is 14.4. The molecule has 1 aliphatic rings. The molecule has 8 nitrogen and oxygen atoms in total. The fourth-order valence-electron chi connectivity index (χ4n) is 2.45. The van der Waals surface area contributed by atoms with Gasteiger partial charge in [0, 0.05) is 11.5 Å². The Bertz CT molecular complexity index is 821. The molecule has 1 aromatic rings. The Labute approximate surface area is 164 Å². The molecule has 1 heterocycles. The number of hydrogen-bond acceptors (Lipinski definition) is 9. The van der Waals surface area contributed by atoms with Gasteiger partial charge in [0.2, 0.25) is 0 Å². The lowest BCUT2D eigenvalue weighted by Gasteiger charge is -2.27. The van der Waals surface area contributed by atoms with E-state index >= 15 is 0 Å². The van der Waals surface area contributed by atoms with Crippen molar-refractivity contribution < 1.29 is 34.1 Å². The summed E-state index contributed by atoms with van der Waals surface area (Å²) in [6, 6.07) is 3.51. The van der Waals surface area contributed by atoms with Crippen LogP contribution >= 0.6 is 24.0 Å². The number of carboxylic acids is 2. The van der Waals surface area contributed by atoms with Crippen LogP contribution in [0.1, 0.15) is 18.4 Å². The van der Waals surface area contributed by atoms with Gasteiger partial charge >= 0.3 is 0 Å². The number of ether oxygens (including phenoxy) is 2. The molecule has 0 bridgehead atoms. The minimum absolute atomic E-state index is 0.000612. The second kappa shape index (κ2) is 8.87. The number of aliphatic carboxylic acids is 2. The van der Waals surface area contributed by atoms with Gasteiger partial charge < -0.3 is 29.3 Å². The fourth-order valence-corrected chi connectivity index (χ4v) is 3.80. The maximum absolute atomic E-state index is 12.7. The number of thiocarbonyl (C=S) groups is 1. The Balaban J connectivity index is 2.35. The average molecular weight is 409 g/mol. The summed E-state index contributed by atoms with van der Waals surface area (Å²) in [7, 11) is 2.96. The van der Waals surface area contributed by atoms with Gasteiger partial charge in [-0.05, 0) is 37.1 Å². The lowest BCUT2D eigenvalue weighted by molar-refractivity contribution is -0.311. The average Bonchev–Trinajstić information content (AvgIpc) is 2.89. The summed E-state index contributed by atoms with van der Waals surface area (Å²) in [4.78, 5) is 35.8. The van der Waals surface area contributed by atoms with Crippen molar-refractivity contribution in [3.8, 4) is 11.5 Å². The summed E-state index contributed by atoms with van der Waals surface area (Å²) >= 11 is 6.02. The van der Waals surface area contributed by atoms with Gasteiger partial charge in [0.05, 0.1) is 31.1 Å². The van der Waals surface area contributed by atoms with E-state index in [2.05, 4.69) is 0 Å². The van der Waals surface area contributed by atoms with E-state index in [1.165, 1.54) is 20.3 Å². The molecule has 1 amide bonds. The molecule has 27 heavy (non-hydrogen) atoms. The summed E-state index contributed by atoms with van der Waals surface area (Å²) in [6.07, 6.45) is 0.594. The highest BCUT2D eigenvalue weighted by molar-refractivity contribution is 8.26. The van der Waals surface area contributed by atoms with Crippen molar-refractivity contribution in [1.82, 2.24) is 4.90 Å². The van der Waals surface area contributed by atoms with E-state index in [9.17, 15) is 24.6 Å². The van der Waals surface area contributed by atoms with Gasteiger partial charge in [0.15, 0.2) is 0 Å². The monoisotopic (exact) mass is 409 g/mol. The van der Waals surface area contributed by atoms with Crippen molar-refractivity contribution in [3.63, 3.8) is 0 Å². The predicted molar refractivity (Wildman–Crippen MR) is 97.6 cm³/mol. The van der Waals surface area contributed by atoms with E-state index in [1.54, 1.807) is 18.2 Å². The second-order valence-corrected chi connectivity index (χ2v) is 7.08. The molecular weight excluding hydrogens is 394 g/mol. The second-order valence-electron chi connectivity index (χ2n) is 5.41. The molecule has 1 aliphatic heterocycles. The molecule has 0 unspecified atom stereocenters. The maximum Gasteiger partial charge on any atom is 0.266 e. The first kappa shape index (κ1) is 20.7. The molecule has 1 saturated heterocycles. The van der Waals surface area contributed by atoms with Crippen LogP contribution in [0.3, 0.4) is 0 Å². The molecule has 10 heteroatoms. The summed E-state index contributed by atoms with van der Waals surface area (Å²) in [5, 5.41) is 22.0. The summed E-state index contributed by atoms with van der Waals surface area (Å²) in [6.45, 7) is 0. The van der Waals surface area contributed by atoms with Gasteiger partial charge in [0.1, 0.15) is 15.8 Å². The standard InChI is InChI=1S/C17H17NO7S2/c1-24-10-3-5-12(25-2)9(7-10)8-13-15(21)18(17(26)27-13)11(16(22)23)4-6-14(19)20/h3,5,7-8,11H,4,6H2,1-2H3,(H,19,20)(H,22,23)/p-2/b13-8-/t11-/m0/s1. The van der Waals surface area contributed by atoms with Gasteiger partial charge in [-0.15, -0.1) is 0 Å². The summed E-state index contributed by atoms with van der Waals surface area (Å²) in [5.41, 5.74) is 0.539. The fraction of sp³-hybridized carbons (Fsp3) is 0.294. The van der Waals surface area contributed by atoms with Gasteiger partial charge in [-0.25, -0.2) is 0 Å². The predicted octanol–water partition coefficient (Wildman–Crippen LogP) is -0.446. The van der Waals surface area contributed by atoms with E-state index in [0.717, 1.165) is 16.7 Å². The molecule has 0 aromatic heterocycles. The number of thioether (sulfide) groups is 1. The third-order valence-electron chi connectivity index (χ3n) is 3.75. The molecule has 0 radical (unpaired) electrons. The smallest absolute Gasteiger partial charge is 0.266 e. The van der Waals surface area contributed by atoms with Gasteiger partial charge in [-0.2, -0.15) is 0 Å². The van der Waals surface area contributed by atoms with Crippen LogP contribution in [0.25, 0.3) is 6.08 Å². The van der Waals surface area contributed by atoms with Crippen LogP contribution in [0.2, 0.25) is 0 Å². The molecule has 2 rings (SSSR count). The molecule has 1 aromatic carbocycles. The lowest BCUT2D eigenvalue weighted by Crippen LogP contribution is -2.50. The first-order valence-corrected chi connectivity index (χ1v) is 8.90. The minimum Gasteiger partial charge on any atom is -0.550 e. The first-order valence-electron chi connectivity index (χ1n) is 7.68. The number of amides is 1. The highest BCUT2D eigenvalue weighted by atomic mass is 32.2. The van der Waals surface area contributed by atoms with Crippen molar-refractivity contribution in [3.05, 3.63) is 28.7 Å². The van der Waals surface area contributed by atoms with Crippen molar-refractivity contribution in [2.75, 3.05) is 14.2 Å². The Hall–Kier alpha value is -2.59. The Morgan fingerprint density at radius 2 is 2.00 bits per heavy atom. The molecule has 0 spiro atoms. The Morgan fingerprint density at radius 1 is 1.30 bits per heavy atom. The van der Waals surface area contributed by atoms with E-state index in [-0.39, 0.29) is 15.6 Å². The molecule has 1 atom stereocenters. The van der Waals surface area contributed by atoms with E-state index in [4.69, 9.17) is 21.7 Å². The Kier molecular flexibility index (Phi) is 6.81. The van der Waals surface area contributed by atoms with Crippen molar-refractivity contribution in [2.45, 2.75) is 18.9 Å². The van der Waals surface area contributed by atoms with E-state index in [0.29, 0.717) is 17.1 Å². The zero-order valence-corrected chi connectivity index (χ0v) is 16.1. The van der Waals surface area contributed by atoms with Crippen LogP contribution in [-0.2, 0) is 14.4 Å². The van der Waals surface area contributed by atoms with Gasteiger partial charge in [-0.1, -0.05) is 24.0 Å². The van der Waals surface area contributed by atoms with Gasteiger partial charge in [-0.3, -0.25) is 9.69 Å². The number of benzene rings is 1. The van der Waals surface area contributed by atoms with Crippen LogP contribution in [0, 0.1) is 0 Å². The maximum atomic E-state index is 12.7. The number of rotatable bonds is 8. The topological polar surface area (TPSA) is 119 Å². The van der Waals surface area contributed by atoms with Crippen molar-refractivity contribution >= 4 is 52.2 Å². The lowest BCUT2D eigenvalue weighted by atomic mass is 10.1. The van der Waals surface area contributed by atoms with Crippen molar-refractivity contribution in [2.24, 2.45) is 0 Å². The van der Waals surface area contributed by atoms with Crippen LogP contribution < -0.4 is 19.7 Å². The Morgan fingerprint density at radius 3 is 2.56 bits per heavy atom. The molecule has 0 N–H and O–H groups in total. The number of carbonyl (C=O) groups excluding carboxylic acids is 3. The molecule has 0 aliphatic carbocycles. The van der Waals surface area contributed by atoms with Crippen LogP contribution in [0.5, 0.6) is 11.5 Å². The highest BCUT2D eigenvalue weighted by Gasteiger charge is 2.37. The number of carbonyl (C=O) groups is 3. The van der Waals surface area contributed by atoms with Crippen LogP contribution in [-0.4, -0.2) is 47.3 Å². The van der Waals surface area contributed by atoms with Crippen LogP contribution in [0.15, 0.2) is 23.1 Å². The minimum atomic E-state index is -1.59. The summed E-state index contributed by atoms with van der Waals surface area (Å²) in [5.74, 6) is -2.65. The normalized spacial score (nSPS) is 16.5. The first-order chi connectivity index (χ1) is 12.8. The van der Waals surface area contributed by atoms with E-state index in [1.807, 2.05) is 0 Å². The number of methoxy groups -OCH3 is 2. The third kappa shape index (κ3) is 4.77. The quantitative estimate of drug-likeness (QED) is 0.415. The van der Waals surface area contributed by atoms with Crippen molar-refractivity contribution in [1.29, 1.82) is 0 Å². The van der Waals surface area contributed by atoms with E-state index < -0.39 is 30.3 Å². The number of nitrogens with zero attached hydrogens (tertiary/aromatic N) is 1. The number of hydrogen-bond donors (Lipinski definition) is 0. The number of carboxylic acid groups (broad SMARTS) is 2. The summed E-state index contributed by atoms with van der Waals surface area (Å²) < 4.78 is 10.4. The molecule has 0 saturated carbocycles. The SMILES string of the molecule is COc1ccc(OC)c(/C=C2\SC(=S)N([C@@H](CCC(=O)[O-])C(=O)[O-])C2=O)c1. The largest absolute Gasteiger partial charge is 0.550 e. The zero-order chi connectivity index (χ0) is 20.1. The van der Waals surface area contributed by atoms with Crippen LogP contribution in [0.4, 0.5) is 0 Å².